The number of benzene rings is 1. The lowest BCUT2D eigenvalue weighted by molar-refractivity contribution is -0.0814. The van der Waals surface area contributed by atoms with Crippen molar-refractivity contribution in [2.75, 3.05) is 19.5 Å². The number of nitrogens with one attached hydrogen (secondary N) is 2. The van der Waals surface area contributed by atoms with Crippen LogP contribution in [0.5, 0.6) is 0 Å². The zero-order valence-corrected chi connectivity index (χ0v) is 14.6. The number of ether oxygens (including phenoxy) is 2. The Morgan fingerprint density at radius 2 is 2.09 bits per heavy atom. The lowest BCUT2D eigenvalue weighted by atomic mass is 10.1. The zero-order valence-electron chi connectivity index (χ0n) is 13.8. The number of aromatic nitrogens is 2. The molecule has 1 aromatic carbocycles. The molecule has 0 aliphatic heterocycles. The van der Waals surface area contributed by atoms with Crippen molar-refractivity contribution in [1.29, 1.82) is 0 Å². The molecule has 2 unspecified atom stereocenters. The van der Waals surface area contributed by atoms with Crippen molar-refractivity contribution in [3.05, 3.63) is 42.2 Å². The molecule has 6 nitrogen and oxygen atoms in total. The first-order valence-corrected chi connectivity index (χ1v) is 8.60. The van der Waals surface area contributed by atoms with Gasteiger partial charge in [-0.15, -0.1) is 0 Å². The van der Waals surface area contributed by atoms with E-state index in [4.69, 9.17) is 9.47 Å². The number of nitrogens with zero attached hydrogens (tertiary/aromatic N) is 1. The quantitative estimate of drug-likeness (QED) is 0.724. The van der Waals surface area contributed by atoms with Crippen molar-refractivity contribution in [3.8, 4) is 0 Å². The molecule has 7 heteroatoms. The van der Waals surface area contributed by atoms with Gasteiger partial charge < -0.3 is 19.8 Å². The van der Waals surface area contributed by atoms with Crippen LogP contribution in [0.25, 0.3) is 0 Å². The minimum Gasteiger partial charge on any atom is -0.374 e. The first-order valence-electron chi connectivity index (χ1n) is 7.28. The van der Waals surface area contributed by atoms with Crippen molar-refractivity contribution in [2.24, 2.45) is 0 Å². The number of hydrogen-bond donors (Lipinski definition) is 2. The highest BCUT2D eigenvalue weighted by Crippen LogP contribution is 2.24. The molecular formula is C16H23N3O3S. The fourth-order valence-electron chi connectivity index (χ4n) is 2.14. The number of rotatable bonds is 8. The third-order valence-corrected chi connectivity index (χ3v) is 4.90. The van der Waals surface area contributed by atoms with Gasteiger partial charge in [-0.05, 0) is 25.5 Å². The fraction of sp³-hybridized carbons (Fsp3) is 0.438. The van der Waals surface area contributed by atoms with E-state index in [0.717, 1.165) is 11.3 Å². The first kappa shape index (κ1) is 17.7. The van der Waals surface area contributed by atoms with E-state index >= 15 is 0 Å². The second-order valence-electron chi connectivity index (χ2n) is 5.61. The van der Waals surface area contributed by atoms with Crippen LogP contribution in [0.1, 0.15) is 19.4 Å². The topological polar surface area (TPSA) is 76.2 Å². The maximum atomic E-state index is 12.4. The average Bonchev–Trinajstić information content (AvgIpc) is 3.08. The lowest BCUT2D eigenvalue weighted by Crippen LogP contribution is -2.45. The Balaban J connectivity index is 2.18. The summed E-state index contributed by atoms with van der Waals surface area (Å²) < 4.78 is 23.4. The Kier molecular flexibility index (Phi) is 5.92. The maximum Gasteiger partial charge on any atom is 0.196 e. The Bertz CT molecular complexity index is 644. The smallest absolute Gasteiger partial charge is 0.196 e. The Labute approximate surface area is 139 Å². The fourth-order valence-corrected chi connectivity index (χ4v) is 3.19. The van der Waals surface area contributed by atoms with Crippen LogP contribution in [0.15, 0.2) is 41.8 Å². The number of methoxy groups -OCH3 is 2. The normalized spacial score (nSPS) is 14.4. The number of aromatic amines is 1. The van der Waals surface area contributed by atoms with Crippen molar-refractivity contribution in [1.82, 2.24) is 9.97 Å². The molecule has 1 heterocycles. The Morgan fingerprint density at radius 1 is 1.35 bits per heavy atom. The van der Waals surface area contributed by atoms with Gasteiger partial charge in [0.15, 0.2) is 11.4 Å². The summed E-state index contributed by atoms with van der Waals surface area (Å²) in [7, 11) is 2.04. The van der Waals surface area contributed by atoms with Gasteiger partial charge in [-0.25, -0.2) is 4.98 Å². The molecule has 126 valence electrons. The van der Waals surface area contributed by atoms with Crippen LogP contribution in [0, 0.1) is 0 Å². The highest BCUT2D eigenvalue weighted by Gasteiger charge is 2.29. The molecule has 0 saturated carbocycles. The molecule has 0 saturated heterocycles. The van der Waals surface area contributed by atoms with E-state index in [9.17, 15) is 4.21 Å². The SMILES string of the molecule is COC(Nc1ccccc1CS(=O)c1ncc[nH]1)C(C)(C)OC. The molecular weight excluding hydrogens is 314 g/mol. The molecule has 0 amide bonds. The van der Waals surface area contributed by atoms with Gasteiger partial charge in [0.25, 0.3) is 0 Å². The predicted octanol–water partition coefficient (Wildman–Crippen LogP) is 2.53. The van der Waals surface area contributed by atoms with Crippen LogP contribution in [0.3, 0.4) is 0 Å². The molecule has 0 bridgehead atoms. The largest absolute Gasteiger partial charge is 0.374 e. The zero-order chi connectivity index (χ0) is 16.9. The van der Waals surface area contributed by atoms with Gasteiger partial charge >= 0.3 is 0 Å². The molecule has 1 aromatic heterocycles. The summed E-state index contributed by atoms with van der Waals surface area (Å²) in [4.78, 5) is 6.94. The van der Waals surface area contributed by atoms with Crippen molar-refractivity contribution < 1.29 is 13.7 Å². The molecule has 0 fully saturated rings. The van der Waals surface area contributed by atoms with E-state index in [2.05, 4.69) is 15.3 Å². The molecule has 0 aliphatic carbocycles. The first-order chi connectivity index (χ1) is 11.0. The number of hydrogen-bond acceptors (Lipinski definition) is 5. The highest BCUT2D eigenvalue weighted by molar-refractivity contribution is 7.84. The predicted molar refractivity (Wildman–Crippen MR) is 90.6 cm³/mol. The van der Waals surface area contributed by atoms with Crippen LogP contribution in [0.4, 0.5) is 5.69 Å². The minimum absolute atomic E-state index is 0.342. The van der Waals surface area contributed by atoms with E-state index in [-0.39, 0.29) is 6.23 Å². The third kappa shape index (κ3) is 4.40. The standard InChI is InChI=1S/C16H23N3O3S/c1-16(2,22-4)14(21-3)19-13-8-6-5-7-12(13)11-23(20)15-17-9-10-18-15/h5-10,14,19H,11H2,1-4H3,(H,17,18). The van der Waals surface area contributed by atoms with E-state index in [1.165, 1.54) is 0 Å². The second kappa shape index (κ2) is 7.72. The van der Waals surface area contributed by atoms with Crippen molar-refractivity contribution >= 4 is 16.5 Å². The van der Waals surface area contributed by atoms with E-state index in [1.807, 2.05) is 38.1 Å². The molecule has 0 radical (unpaired) electrons. The van der Waals surface area contributed by atoms with Gasteiger partial charge in [-0.3, -0.25) is 4.21 Å². The van der Waals surface area contributed by atoms with Crippen LogP contribution >= 0.6 is 0 Å². The Morgan fingerprint density at radius 3 is 2.70 bits per heavy atom. The monoisotopic (exact) mass is 337 g/mol. The molecule has 23 heavy (non-hydrogen) atoms. The number of anilines is 1. The van der Waals surface area contributed by atoms with Gasteiger partial charge in [-0.1, -0.05) is 18.2 Å². The van der Waals surface area contributed by atoms with Gasteiger partial charge in [0.1, 0.15) is 5.60 Å². The summed E-state index contributed by atoms with van der Waals surface area (Å²) in [5.41, 5.74) is 1.28. The second-order valence-corrected chi connectivity index (χ2v) is 6.98. The number of H-pyrrole nitrogens is 1. The highest BCUT2D eigenvalue weighted by atomic mass is 32.2. The van der Waals surface area contributed by atoms with Crippen LogP contribution in [-0.2, 0) is 26.0 Å². The molecule has 2 rings (SSSR count). The molecule has 2 atom stereocenters. The van der Waals surface area contributed by atoms with E-state index in [0.29, 0.717) is 10.9 Å². The minimum atomic E-state index is -1.23. The van der Waals surface area contributed by atoms with Crippen LogP contribution in [-0.4, -0.2) is 40.2 Å². The summed E-state index contributed by atoms with van der Waals surface area (Å²) in [6.45, 7) is 3.88. The lowest BCUT2D eigenvalue weighted by Gasteiger charge is -2.33. The molecule has 0 aliphatic rings. The average molecular weight is 337 g/mol. The maximum absolute atomic E-state index is 12.4. The number of para-hydroxylation sites is 1. The van der Waals surface area contributed by atoms with E-state index < -0.39 is 16.4 Å². The molecule has 2 aromatic rings. The van der Waals surface area contributed by atoms with Crippen molar-refractivity contribution in [2.45, 2.75) is 36.6 Å². The summed E-state index contributed by atoms with van der Waals surface area (Å²) in [6.07, 6.45) is 2.92. The summed E-state index contributed by atoms with van der Waals surface area (Å²) in [6, 6.07) is 7.72. The molecule has 2 N–H and O–H groups in total. The van der Waals surface area contributed by atoms with Gasteiger partial charge in [-0.2, -0.15) is 0 Å². The summed E-state index contributed by atoms with van der Waals surface area (Å²) in [5, 5.41) is 3.80. The number of imidazole rings is 1. The van der Waals surface area contributed by atoms with Gasteiger partial charge in [0.2, 0.25) is 0 Å². The van der Waals surface area contributed by atoms with E-state index in [1.54, 1.807) is 26.6 Å². The molecule has 0 spiro atoms. The van der Waals surface area contributed by atoms with Crippen LogP contribution in [0.2, 0.25) is 0 Å². The Hall–Kier alpha value is -1.70. The van der Waals surface area contributed by atoms with Crippen LogP contribution < -0.4 is 5.32 Å². The van der Waals surface area contributed by atoms with Gasteiger partial charge in [0, 0.05) is 32.3 Å². The third-order valence-electron chi connectivity index (χ3n) is 3.67. The van der Waals surface area contributed by atoms with Gasteiger partial charge in [0.05, 0.1) is 16.6 Å². The summed E-state index contributed by atoms with van der Waals surface area (Å²) in [5.74, 6) is 0.362. The summed E-state index contributed by atoms with van der Waals surface area (Å²) >= 11 is 0. The van der Waals surface area contributed by atoms with Crippen molar-refractivity contribution in [3.63, 3.8) is 0 Å².